The second-order valence-corrected chi connectivity index (χ2v) is 4.27. The SMILES string of the molecule is C#Cc1ccc(NC(=O)CCc2cc(Cl)no2)cc1. The second kappa shape index (κ2) is 6.07. The molecule has 0 saturated carbocycles. The van der Waals surface area contributed by atoms with E-state index in [0.717, 1.165) is 5.56 Å². The summed E-state index contributed by atoms with van der Waals surface area (Å²) >= 11 is 5.61. The first kappa shape index (κ1) is 13.2. The van der Waals surface area contributed by atoms with Gasteiger partial charge < -0.3 is 9.84 Å². The third kappa shape index (κ3) is 3.87. The van der Waals surface area contributed by atoms with Crippen molar-refractivity contribution in [3.63, 3.8) is 0 Å². The highest BCUT2D eigenvalue weighted by Gasteiger charge is 2.07. The number of hydrogen-bond donors (Lipinski definition) is 1. The molecule has 1 N–H and O–H groups in total. The molecule has 2 aromatic rings. The van der Waals surface area contributed by atoms with Crippen molar-refractivity contribution in [3.8, 4) is 12.3 Å². The molecule has 0 aliphatic heterocycles. The van der Waals surface area contributed by atoms with E-state index in [-0.39, 0.29) is 5.91 Å². The Labute approximate surface area is 115 Å². The summed E-state index contributed by atoms with van der Waals surface area (Å²) in [6, 6.07) is 8.66. The van der Waals surface area contributed by atoms with Crippen molar-refractivity contribution in [3.05, 3.63) is 46.8 Å². The van der Waals surface area contributed by atoms with E-state index >= 15 is 0 Å². The molecule has 0 spiro atoms. The van der Waals surface area contributed by atoms with Crippen LogP contribution in [0.25, 0.3) is 0 Å². The summed E-state index contributed by atoms with van der Waals surface area (Å²) in [7, 11) is 0. The van der Waals surface area contributed by atoms with Gasteiger partial charge in [0.1, 0.15) is 5.76 Å². The van der Waals surface area contributed by atoms with E-state index in [1.165, 1.54) is 0 Å². The van der Waals surface area contributed by atoms with E-state index in [9.17, 15) is 4.79 Å². The smallest absolute Gasteiger partial charge is 0.224 e. The van der Waals surface area contributed by atoms with Gasteiger partial charge in [0.15, 0.2) is 5.15 Å². The summed E-state index contributed by atoms with van der Waals surface area (Å²) in [5.41, 5.74) is 1.48. The van der Waals surface area contributed by atoms with Crippen LogP contribution in [0.3, 0.4) is 0 Å². The summed E-state index contributed by atoms with van der Waals surface area (Å²) in [5.74, 6) is 2.99. The number of carbonyl (C=O) groups excluding carboxylic acids is 1. The number of anilines is 1. The number of halogens is 1. The lowest BCUT2D eigenvalue weighted by atomic mass is 10.2. The largest absolute Gasteiger partial charge is 0.360 e. The molecule has 1 amide bonds. The van der Waals surface area contributed by atoms with Gasteiger partial charge in [-0.15, -0.1) is 6.42 Å². The van der Waals surface area contributed by atoms with Crippen molar-refractivity contribution in [1.29, 1.82) is 0 Å². The minimum absolute atomic E-state index is 0.110. The molecule has 2 rings (SSSR count). The van der Waals surface area contributed by atoms with E-state index in [2.05, 4.69) is 16.4 Å². The standard InChI is InChI=1S/C14H11ClN2O2/c1-2-10-3-5-11(6-4-10)16-14(18)8-7-12-9-13(15)17-19-12/h1,3-6,9H,7-8H2,(H,16,18). The lowest BCUT2D eigenvalue weighted by molar-refractivity contribution is -0.116. The fourth-order valence-corrected chi connectivity index (χ4v) is 1.67. The molecular formula is C14H11ClN2O2. The van der Waals surface area contributed by atoms with E-state index < -0.39 is 0 Å². The molecule has 5 heteroatoms. The third-order valence-electron chi connectivity index (χ3n) is 2.46. The Morgan fingerprint density at radius 1 is 1.42 bits per heavy atom. The van der Waals surface area contributed by atoms with Crippen LogP contribution < -0.4 is 5.32 Å². The molecule has 0 atom stereocenters. The predicted octanol–water partition coefficient (Wildman–Crippen LogP) is 2.88. The van der Waals surface area contributed by atoms with Crippen LogP contribution in [0.4, 0.5) is 5.69 Å². The minimum atomic E-state index is -0.110. The Bertz CT molecular complexity index is 611. The number of hydrogen-bond acceptors (Lipinski definition) is 3. The Balaban J connectivity index is 1.85. The molecule has 1 aromatic carbocycles. The number of amides is 1. The van der Waals surface area contributed by atoms with Gasteiger partial charge in [0.25, 0.3) is 0 Å². The van der Waals surface area contributed by atoms with Crippen molar-refractivity contribution < 1.29 is 9.32 Å². The first-order valence-corrected chi connectivity index (χ1v) is 6.03. The average molecular weight is 275 g/mol. The summed E-state index contributed by atoms with van der Waals surface area (Å²) in [4.78, 5) is 11.7. The van der Waals surface area contributed by atoms with E-state index in [1.54, 1.807) is 30.3 Å². The highest BCUT2D eigenvalue weighted by atomic mass is 35.5. The Morgan fingerprint density at radius 2 is 2.16 bits per heavy atom. The van der Waals surface area contributed by atoms with Crippen molar-refractivity contribution in [2.75, 3.05) is 5.32 Å². The van der Waals surface area contributed by atoms with Gasteiger partial charge in [0.05, 0.1) is 0 Å². The molecule has 19 heavy (non-hydrogen) atoms. The van der Waals surface area contributed by atoms with Crippen LogP contribution in [0.1, 0.15) is 17.7 Å². The molecule has 4 nitrogen and oxygen atoms in total. The van der Waals surface area contributed by atoms with E-state index in [4.69, 9.17) is 22.5 Å². The summed E-state index contributed by atoms with van der Waals surface area (Å²) in [5, 5.41) is 6.60. The fourth-order valence-electron chi connectivity index (χ4n) is 1.52. The van der Waals surface area contributed by atoms with Crippen LogP contribution in [-0.2, 0) is 11.2 Å². The second-order valence-electron chi connectivity index (χ2n) is 3.89. The number of aromatic nitrogens is 1. The summed E-state index contributed by atoms with van der Waals surface area (Å²) < 4.78 is 4.91. The molecule has 0 saturated heterocycles. The van der Waals surface area contributed by atoms with Gasteiger partial charge in [-0.1, -0.05) is 22.7 Å². The third-order valence-corrected chi connectivity index (χ3v) is 2.64. The molecule has 1 aromatic heterocycles. The van der Waals surface area contributed by atoms with Crippen LogP contribution in [0.15, 0.2) is 34.9 Å². The topological polar surface area (TPSA) is 55.1 Å². The summed E-state index contributed by atoms with van der Waals surface area (Å²) in [6.07, 6.45) is 6.00. The first-order chi connectivity index (χ1) is 9.17. The maximum atomic E-state index is 11.7. The maximum Gasteiger partial charge on any atom is 0.224 e. The monoisotopic (exact) mass is 274 g/mol. The molecule has 0 fully saturated rings. The molecule has 0 radical (unpaired) electrons. The zero-order valence-electron chi connectivity index (χ0n) is 10.0. The van der Waals surface area contributed by atoms with Gasteiger partial charge in [0.2, 0.25) is 5.91 Å². The molecule has 0 aliphatic rings. The molecule has 1 heterocycles. The summed E-state index contributed by atoms with van der Waals surface area (Å²) in [6.45, 7) is 0. The number of benzene rings is 1. The normalized spacial score (nSPS) is 9.89. The van der Waals surface area contributed by atoms with Crippen LogP contribution in [0.5, 0.6) is 0 Å². The number of rotatable bonds is 4. The molecular weight excluding hydrogens is 264 g/mol. The molecule has 0 aliphatic carbocycles. The van der Waals surface area contributed by atoms with Gasteiger partial charge in [-0.2, -0.15) is 0 Å². The van der Waals surface area contributed by atoms with Crippen LogP contribution in [-0.4, -0.2) is 11.1 Å². The Morgan fingerprint density at radius 3 is 2.74 bits per heavy atom. The minimum Gasteiger partial charge on any atom is -0.360 e. The van der Waals surface area contributed by atoms with Crippen molar-refractivity contribution in [1.82, 2.24) is 5.16 Å². The zero-order chi connectivity index (χ0) is 13.7. The van der Waals surface area contributed by atoms with Gasteiger partial charge in [0, 0.05) is 30.2 Å². The molecule has 96 valence electrons. The van der Waals surface area contributed by atoms with Gasteiger partial charge >= 0.3 is 0 Å². The molecule has 0 unspecified atom stereocenters. The lowest BCUT2D eigenvalue weighted by Gasteiger charge is -2.04. The van der Waals surface area contributed by atoms with Crippen LogP contribution >= 0.6 is 11.6 Å². The maximum absolute atomic E-state index is 11.7. The van der Waals surface area contributed by atoms with Gasteiger partial charge in [-0.3, -0.25) is 4.79 Å². The van der Waals surface area contributed by atoms with Crippen molar-refractivity contribution in [2.24, 2.45) is 0 Å². The lowest BCUT2D eigenvalue weighted by Crippen LogP contribution is -2.12. The van der Waals surface area contributed by atoms with E-state index in [1.807, 2.05) is 0 Å². The highest BCUT2D eigenvalue weighted by molar-refractivity contribution is 6.29. The van der Waals surface area contributed by atoms with Gasteiger partial charge in [-0.05, 0) is 24.3 Å². The number of aryl methyl sites for hydroxylation is 1. The van der Waals surface area contributed by atoms with Crippen molar-refractivity contribution >= 4 is 23.2 Å². The fraction of sp³-hybridized carbons (Fsp3) is 0.143. The molecule has 0 bridgehead atoms. The number of terminal acetylenes is 1. The van der Waals surface area contributed by atoms with Gasteiger partial charge in [-0.25, -0.2) is 0 Å². The zero-order valence-corrected chi connectivity index (χ0v) is 10.8. The quantitative estimate of drug-likeness (QED) is 0.872. The average Bonchev–Trinajstić information content (AvgIpc) is 2.83. The number of carbonyl (C=O) groups is 1. The van der Waals surface area contributed by atoms with Crippen molar-refractivity contribution in [2.45, 2.75) is 12.8 Å². The van der Waals surface area contributed by atoms with E-state index in [0.29, 0.717) is 29.4 Å². The highest BCUT2D eigenvalue weighted by Crippen LogP contribution is 2.12. The number of nitrogens with one attached hydrogen (secondary N) is 1. The predicted molar refractivity (Wildman–Crippen MR) is 72.8 cm³/mol. The Kier molecular flexibility index (Phi) is 4.22. The van der Waals surface area contributed by atoms with Crippen LogP contribution in [0.2, 0.25) is 5.15 Å². The van der Waals surface area contributed by atoms with Crippen LogP contribution in [0, 0.1) is 12.3 Å². The first-order valence-electron chi connectivity index (χ1n) is 5.65. The Hall–Kier alpha value is -2.25. The number of nitrogens with zero attached hydrogens (tertiary/aromatic N) is 1.